The van der Waals surface area contributed by atoms with Gasteiger partial charge in [-0.2, -0.15) is 8.42 Å². The smallest absolute Gasteiger partial charge is 0.404 e. The summed E-state index contributed by atoms with van der Waals surface area (Å²) < 4.78 is 66.6. The molecular weight excluding hydrogens is 311 g/mol. The molecule has 0 atom stereocenters. The third-order valence-corrected chi connectivity index (χ3v) is 3.60. The van der Waals surface area contributed by atoms with Gasteiger partial charge >= 0.3 is 6.36 Å². The van der Waals surface area contributed by atoms with E-state index in [4.69, 9.17) is 0 Å². The first-order chi connectivity index (χ1) is 9.67. The molecule has 0 unspecified atom stereocenters. The Morgan fingerprint density at radius 2 is 1.95 bits per heavy atom. The van der Waals surface area contributed by atoms with Gasteiger partial charge in [0.1, 0.15) is 5.82 Å². The zero-order chi connectivity index (χ0) is 15.7. The number of hydrogen-bond donors (Lipinski definition) is 2. The summed E-state index contributed by atoms with van der Waals surface area (Å²) in [7, 11) is -4.09. The third kappa shape index (κ3) is 3.88. The molecule has 6 nitrogen and oxygen atoms in total. The van der Waals surface area contributed by atoms with E-state index >= 15 is 0 Å². The Morgan fingerprint density at radius 3 is 2.52 bits per heavy atom. The van der Waals surface area contributed by atoms with Crippen molar-refractivity contribution in [1.29, 1.82) is 0 Å². The molecule has 2 aromatic rings. The number of alkyl halides is 3. The molecule has 1 heterocycles. The first kappa shape index (κ1) is 15.2. The van der Waals surface area contributed by atoms with Gasteiger partial charge in [0.25, 0.3) is 10.0 Å². The number of para-hydroxylation sites is 2. The van der Waals surface area contributed by atoms with Gasteiger partial charge in [-0.25, -0.2) is 4.98 Å². The van der Waals surface area contributed by atoms with Crippen LogP contribution in [0.15, 0.2) is 35.5 Å². The Bertz CT molecular complexity index is 740. The number of nitrogens with one attached hydrogen (secondary N) is 2. The van der Waals surface area contributed by atoms with Crippen LogP contribution < -0.4 is 9.46 Å². The fraction of sp³-hybridized carbons (Fsp3) is 0.182. The second kappa shape index (κ2) is 5.28. The van der Waals surface area contributed by atoms with E-state index < -0.39 is 22.1 Å². The van der Waals surface area contributed by atoms with Crippen LogP contribution in [-0.4, -0.2) is 24.7 Å². The van der Waals surface area contributed by atoms with E-state index in [0.29, 0.717) is 5.82 Å². The zero-order valence-electron chi connectivity index (χ0n) is 10.6. The fourth-order valence-corrected chi connectivity index (χ4v) is 2.54. The summed E-state index contributed by atoms with van der Waals surface area (Å²) in [6, 6.07) is 4.82. The Morgan fingerprint density at radius 1 is 1.29 bits per heavy atom. The molecule has 1 aromatic heterocycles. The SMILES string of the molecule is Cc1ncc(S(=O)(=O)Nc2ccccc2OC(F)(F)F)[nH]1. The van der Waals surface area contributed by atoms with Crippen molar-refractivity contribution in [2.75, 3.05) is 4.72 Å². The molecule has 0 saturated carbocycles. The van der Waals surface area contributed by atoms with Gasteiger partial charge < -0.3 is 9.72 Å². The lowest BCUT2D eigenvalue weighted by atomic mass is 10.3. The number of aromatic amines is 1. The van der Waals surface area contributed by atoms with E-state index in [2.05, 4.69) is 14.7 Å². The molecule has 0 aliphatic carbocycles. The van der Waals surface area contributed by atoms with Crippen LogP contribution in [0, 0.1) is 6.92 Å². The maximum Gasteiger partial charge on any atom is 0.573 e. The average Bonchev–Trinajstić information content (AvgIpc) is 2.77. The maximum absolute atomic E-state index is 12.3. The first-order valence-corrected chi connectivity index (χ1v) is 7.05. The van der Waals surface area contributed by atoms with Crippen LogP contribution in [-0.2, 0) is 10.0 Å². The summed E-state index contributed by atoms with van der Waals surface area (Å²) in [5.74, 6) is -0.292. The minimum absolute atomic E-state index is 0.262. The van der Waals surface area contributed by atoms with Crippen LogP contribution in [0.25, 0.3) is 0 Å². The Labute approximate surface area is 118 Å². The standard InChI is InChI=1S/C11H10F3N3O3S/c1-7-15-6-10(16-7)21(18,19)17-8-4-2-3-5-9(8)20-11(12,13)14/h2-6,17H,1H3,(H,15,16). The molecule has 0 bridgehead atoms. The number of rotatable bonds is 4. The molecule has 0 saturated heterocycles. The molecule has 0 amide bonds. The van der Waals surface area contributed by atoms with Gasteiger partial charge in [0, 0.05) is 0 Å². The number of imidazole rings is 1. The van der Waals surface area contributed by atoms with E-state index in [9.17, 15) is 21.6 Å². The van der Waals surface area contributed by atoms with E-state index in [1.807, 2.05) is 4.72 Å². The lowest BCUT2D eigenvalue weighted by Crippen LogP contribution is -2.20. The quantitative estimate of drug-likeness (QED) is 0.906. The summed E-state index contributed by atoms with van der Waals surface area (Å²) in [5.41, 5.74) is -0.331. The molecule has 114 valence electrons. The highest BCUT2D eigenvalue weighted by atomic mass is 32.2. The van der Waals surface area contributed by atoms with Crippen molar-refractivity contribution in [1.82, 2.24) is 9.97 Å². The number of nitrogens with zero attached hydrogens (tertiary/aromatic N) is 1. The van der Waals surface area contributed by atoms with Crippen LogP contribution in [0.2, 0.25) is 0 Å². The van der Waals surface area contributed by atoms with Crippen LogP contribution in [0.3, 0.4) is 0 Å². The van der Waals surface area contributed by atoms with Crippen molar-refractivity contribution in [2.24, 2.45) is 0 Å². The monoisotopic (exact) mass is 321 g/mol. The van der Waals surface area contributed by atoms with Crippen LogP contribution in [0.5, 0.6) is 5.75 Å². The van der Waals surface area contributed by atoms with Gasteiger partial charge in [0.15, 0.2) is 10.8 Å². The molecule has 2 N–H and O–H groups in total. The molecule has 0 spiro atoms. The van der Waals surface area contributed by atoms with Crippen molar-refractivity contribution >= 4 is 15.7 Å². The topological polar surface area (TPSA) is 84.1 Å². The van der Waals surface area contributed by atoms with Crippen LogP contribution in [0.1, 0.15) is 5.82 Å². The summed E-state index contributed by atoms with van der Waals surface area (Å²) in [6.45, 7) is 1.54. The second-order valence-corrected chi connectivity index (χ2v) is 5.63. The molecule has 0 radical (unpaired) electrons. The molecule has 0 aliphatic heterocycles. The van der Waals surface area contributed by atoms with Gasteiger partial charge in [0.2, 0.25) is 0 Å². The third-order valence-electron chi connectivity index (χ3n) is 2.33. The number of hydrogen-bond acceptors (Lipinski definition) is 4. The normalized spacial score (nSPS) is 12.2. The highest BCUT2D eigenvalue weighted by molar-refractivity contribution is 7.92. The molecular formula is C11H10F3N3O3S. The zero-order valence-corrected chi connectivity index (χ0v) is 11.4. The van der Waals surface area contributed by atoms with Gasteiger partial charge in [-0.15, -0.1) is 13.2 Å². The number of H-pyrrole nitrogens is 1. The highest BCUT2D eigenvalue weighted by Crippen LogP contribution is 2.31. The van der Waals surface area contributed by atoms with E-state index in [-0.39, 0.29) is 10.7 Å². The van der Waals surface area contributed by atoms with Gasteiger partial charge in [-0.05, 0) is 19.1 Å². The largest absolute Gasteiger partial charge is 0.573 e. The number of ether oxygens (including phenoxy) is 1. The van der Waals surface area contributed by atoms with Crippen molar-refractivity contribution in [3.8, 4) is 5.75 Å². The number of halogens is 3. The highest BCUT2D eigenvalue weighted by Gasteiger charge is 2.32. The summed E-state index contributed by atoms with van der Waals surface area (Å²) in [5, 5.41) is -0.262. The van der Waals surface area contributed by atoms with Crippen molar-refractivity contribution in [3.63, 3.8) is 0 Å². The minimum atomic E-state index is -4.92. The van der Waals surface area contributed by atoms with Crippen molar-refractivity contribution in [2.45, 2.75) is 18.3 Å². The van der Waals surface area contributed by atoms with Crippen LogP contribution in [0.4, 0.5) is 18.9 Å². The predicted molar refractivity (Wildman–Crippen MR) is 67.3 cm³/mol. The van der Waals surface area contributed by atoms with E-state index in [0.717, 1.165) is 18.3 Å². The molecule has 2 rings (SSSR count). The van der Waals surface area contributed by atoms with Gasteiger partial charge in [0.05, 0.1) is 11.9 Å². The van der Waals surface area contributed by atoms with E-state index in [1.54, 1.807) is 6.92 Å². The summed E-state index contributed by atoms with van der Waals surface area (Å²) >= 11 is 0. The van der Waals surface area contributed by atoms with E-state index in [1.165, 1.54) is 12.1 Å². The molecule has 0 fully saturated rings. The van der Waals surface area contributed by atoms with Crippen molar-refractivity contribution in [3.05, 3.63) is 36.3 Å². The van der Waals surface area contributed by atoms with Crippen molar-refractivity contribution < 1.29 is 26.3 Å². The van der Waals surface area contributed by atoms with Crippen LogP contribution >= 0.6 is 0 Å². The fourth-order valence-electron chi connectivity index (χ4n) is 1.50. The second-order valence-electron chi connectivity index (χ2n) is 3.98. The molecule has 10 heteroatoms. The predicted octanol–water partition coefficient (Wildman–Crippen LogP) is 2.42. The average molecular weight is 321 g/mol. The number of benzene rings is 1. The lowest BCUT2D eigenvalue weighted by molar-refractivity contribution is -0.274. The maximum atomic E-state index is 12.3. The molecule has 1 aromatic carbocycles. The first-order valence-electron chi connectivity index (χ1n) is 5.56. The summed E-state index contributed by atoms with van der Waals surface area (Å²) in [4.78, 5) is 6.20. The Balaban J connectivity index is 2.31. The number of aryl methyl sites for hydroxylation is 1. The van der Waals surface area contributed by atoms with Gasteiger partial charge in [-0.1, -0.05) is 12.1 Å². The summed E-state index contributed by atoms with van der Waals surface area (Å²) in [6.07, 6.45) is -3.86. The molecule has 21 heavy (non-hydrogen) atoms. The number of sulfonamides is 1. The number of aromatic nitrogens is 2. The Kier molecular flexibility index (Phi) is 3.81. The molecule has 0 aliphatic rings. The minimum Gasteiger partial charge on any atom is -0.404 e. The van der Waals surface area contributed by atoms with Gasteiger partial charge in [-0.3, -0.25) is 4.72 Å². The number of anilines is 1. The lowest BCUT2D eigenvalue weighted by Gasteiger charge is -2.14. The Hall–Kier alpha value is -2.23.